The van der Waals surface area contributed by atoms with Gasteiger partial charge in [-0.1, -0.05) is 36.4 Å². The van der Waals surface area contributed by atoms with Crippen molar-refractivity contribution in [2.24, 2.45) is 0 Å². The Balaban J connectivity index is 1.55. The van der Waals surface area contributed by atoms with E-state index in [1.807, 2.05) is 53.5 Å². The molecule has 4 rings (SSSR count). The van der Waals surface area contributed by atoms with E-state index in [0.29, 0.717) is 18.7 Å². The minimum absolute atomic E-state index is 0.0383. The molecule has 3 aromatic heterocycles. The van der Waals surface area contributed by atoms with Crippen molar-refractivity contribution in [3.63, 3.8) is 0 Å². The van der Waals surface area contributed by atoms with E-state index in [4.69, 9.17) is 0 Å². The normalized spacial score (nSPS) is 11.0. The summed E-state index contributed by atoms with van der Waals surface area (Å²) in [4.78, 5) is 20.0. The molecule has 1 aromatic carbocycles. The highest BCUT2D eigenvalue weighted by atomic mass is 32.1. The molecule has 1 amide bonds. The quantitative estimate of drug-likeness (QED) is 0.542. The molecule has 6 heteroatoms. The van der Waals surface area contributed by atoms with E-state index in [0.717, 1.165) is 21.5 Å². The number of carbonyl (C=O) groups is 1. The van der Waals surface area contributed by atoms with Crippen LogP contribution in [0.5, 0.6) is 0 Å². The van der Waals surface area contributed by atoms with Crippen LogP contribution in [0.3, 0.4) is 0 Å². The summed E-state index contributed by atoms with van der Waals surface area (Å²) < 4.78 is 1.86. The number of carbonyl (C=O) groups excluding carboxylic acids is 1. The lowest BCUT2D eigenvalue weighted by atomic mass is 10.2. The summed E-state index contributed by atoms with van der Waals surface area (Å²) in [5.74, 6) is -0.0383. The SMILES string of the molecule is CN(Cc1cccs1)C(=O)c1cnc2c(cnn2Cc2ccccc2)c1. The number of nitrogens with zero attached hydrogens (tertiary/aromatic N) is 4. The zero-order valence-electron chi connectivity index (χ0n) is 14.4. The molecule has 26 heavy (non-hydrogen) atoms. The van der Waals surface area contributed by atoms with Crippen LogP contribution in [-0.2, 0) is 13.1 Å². The second-order valence-corrected chi connectivity index (χ2v) is 7.20. The summed E-state index contributed by atoms with van der Waals surface area (Å²) in [5.41, 5.74) is 2.53. The van der Waals surface area contributed by atoms with Gasteiger partial charge in [0.2, 0.25) is 0 Å². The Morgan fingerprint density at radius 3 is 2.77 bits per heavy atom. The maximum atomic E-state index is 12.7. The fraction of sp³-hybridized carbons (Fsp3) is 0.150. The number of pyridine rings is 1. The van der Waals surface area contributed by atoms with Gasteiger partial charge >= 0.3 is 0 Å². The van der Waals surface area contributed by atoms with Gasteiger partial charge in [-0.15, -0.1) is 11.3 Å². The topological polar surface area (TPSA) is 51.0 Å². The van der Waals surface area contributed by atoms with Crippen LogP contribution in [0.15, 0.2) is 66.3 Å². The minimum Gasteiger partial charge on any atom is -0.337 e. The van der Waals surface area contributed by atoms with Gasteiger partial charge in [-0.25, -0.2) is 9.67 Å². The third kappa shape index (κ3) is 3.36. The molecule has 130 valence electrons. The lowest BCUT2D eigenvalue weighted by Crippen LogP contribution is -2.25. The van der Waals surface area contributed by atoms with Crippen molar-refractivity contribution in [2.45, 2.75) is 13.1 Å². The maximum absolute atomic E-state index is 12.7. The first kappa shape index (κ1) is 16.5. The summed E-state index contributed by atoms with van der Waals surface area (Å²) >= 11 is 1.65. The number of fused-ring (bicyclic) bond motifs is 1. The fourth-order valence-corrected chi connectivity index (χ4v) is 3.65. The zero-order chi connectivity index (χ0) is 17.9. The van der Waals surface area contributed by atoms with Gasteiger partial charge < -0.3 is 4.90 Å². The van der Waals surface area contributed by atoms with Crippen molar-refractivity contribution in [1.29, 1.82) is 0 Å². The Labute approximate surface area is 155 Å². The summed E-state index contributed by atoms with van der Waals surface area (Å²) in [6, 6.07) is 16.0. The van der Waals surface area contributed by atoms with Crippen molar-refractivity contribution >= 4 is 28.3 Å². The van der Waals surface area contributed by atoms with Crippen LogP contribution in [0, 0.1) is 0 Å². The fourth-order valence-electron chi connectivity index (χ4n) is 2.89. The molecule has 3 heterocycles. The second kappa shape index (κ2) is 7.09. The summed E-state index contributed by atoms with van der Waals surface area (Å²) in [7, 11) is 1.81. The predicted molar refractivity (Wildman–Crippen MR) is 103 cm³/mol. The molecule has 0 saturated carbocycles. The van der Waals surface area contributed by atoms with Gasteiger partial charge in [0.05, 0.1) is 24.8 Å². The van der Waals surface area contributed by atoms with E-state index in [-0.39, 0.29) is 5.91 Å². The number of rotatable bonds is 5. The minimum atomic E-state index is -0.0383. The molecule has 0 aliphatic rings. The van der Waals surface area contributed by atoms with Gasteiger partial charge in [0.1, 0.15) is 0 Å². The van der Waals surface area contributed by atoms with Gasteiger partial charge in [0, 0.05) is 23.5 Å². The molecule has 4 aromatic rings. The van der Waals surface area contributed by atoms with Crippen LogP contribution in [0.2, 0.25) is 0 Å². The van der Waals surface area contributed by atoms with E-state index in [1.54, 1.807) is 28.6 Å². The number of thiophene rings is 1. The van der Waals surface area contributed by atoms with Crippen LogP contribution in [0.25, 0.3) is 11.0 Å². The molecule has 0 N–H and O–H groups in total. The molecular formula is C20H18N4OS. The highest BCUT2D eigenvalue weighted by Crippen LogP contribution is 2.17. The Bertz CT molecular complexity index is 1020. The third-order valence-corrected chi connectivity index (χ3v) is 5.08. The van der Waals surface area contributed by atoms with Crippen molar-refractivity contribution < 1.29 is 4.79 Å². The Morgan fingerprint density at radius 1 is 1.15 bits per heavy atom. The molecule has 0 fully saturated rings. The monoisotopic (exact) mass is 362 g/mol. The molecule has 0 bridgehead atoms. The summed E-state index contributed by atoms with van der Waals surface area (Å²) in [5, 5.41) is 7.32. The first-order valence-electron chi connectivity index (χ1n) is 8.34. The molecule has 0 saturated heterocycles. The number of aromatic nitrogens is 3. The van der Waals surface area contributed by atoms with Crippen LogP contribution >= 0.6 is 11.3 Å². The third-order valence-electron chi connectivity index (χ3n) is 4.22. The molecule has 0 unspecified atom stereocenters. The highest BCUT2D eigenvalue weighted by Gasteiger charge is 2.15. The summed E-state index contributed by atoms with van der Waals surface area (Å²) in [6.45, 7) is 1.25. The van der Waals surface area contributed by atoms with Crippen LogP contribution in [-0.4, -0.2) is 32.6 Å². The average molecular weight is 362 g/mol. The first-order valence-corrected chi connectivity index (χ1v) is 9.22. The van der Waals surface area contributed by atoms with Gasteiger partial charge in [-0.05, 0) is 23.1 Å². The van der Waals surface area contributed by atoms with E-state index in [2.05, 4.69) is 22.2 Å². The second-order valence-electron chi connectivity index (χ2n) is 6.17. The number of hydrogen-bond donors (Lipinski definition) is 0. The standard InChI is InChI=1S/C20H18N4OS/c1-23(14-18-8-5-9-26-18)20(25)17-10-16-12-22-24(19(16)21-11-17)13-15-6-3-2-4-7-15/h2-12H,13-14H2,1H3. The van der Waals surface area contributed by atoms with E-state index >= 15 is 0 Å². The smallest absolute Gasteiger partial charge is 0.255 e. The van der Waals surface area contributed by atoms with Gasteiger partial charge in [0.15, 0.2) is 5.65 Å². The zero-order valence-corrected chi connectivity index (χ0v) is 15.2. The lowest BCUT2D eigenvalue weighted by molar-refractivity contribution is 0.0786. The van der Waals surface area contributed by atoms with Crippen LogP contribution < -0.4 is 0 Å². The molecular weight excluding hydrogens is 344 g/mol. The van der Waals surface area contributed by atoms with E-state index < -0.39 is 0 Å². The Hall–Kier alpha value is -2.99. The predicted octanol–water partition coefficient (Wildman–Crippen LogP) is 3.81. The first-order chi connectivity index (χ1) is 12.7. The van der Waals surface area contributed by atoms with Crippen LogP contribution in [0.1, 0.15) is 20.8 Å². The molecule has 0 spiro atoms. The van der Waals surface area contributed by atoms with Crippen LogP contribution in [0.4, 0.5) is 0 Å². The van der Waals surface area contributed by atoms with Gasteiger partial charge in [-0.3, -0.25) is 4.79 Å². The Kier molecular flexibility index (Phi) is 4.50. The number of hydrogen-bond acceptors (Lipinski definition) is 4. The van der Waals surface area contributed by atoms with Gasteiger partial charge in [0.25, 0.3) is 5.91 Å². The van der Waals surface area contributed by atoms with Crippen molar-refractivity contribution in [1.82, 2.24) is 19.7 Å². The molecule has 0 atom stereocenters. The molecule has 0 radical (unpaired) electrons. The van der Waals surface area contributed by atoms with E-state index in [9.17, 15) is 4.79 Å². The summed E-state index contributed by atoms with van der Waals surface area (Å²) in [6.07, 6.45) is 3.40. The highest BCUT2D eigenvalue weighted by molar-refractivity contribution is 7.09. The number of benzene rings is 1. The van der Waals surface area contributed by atoms with E-state index in [1.165, 1.54) is 0 Å². The van der Waals surface area contributed by atoms with Gasteiger partial charge in [-0.2, -0.15) is 5.10 Å². The average Bonchev–Trinajstić information content (AvgIpc) is 3.32. The van der Waals surface area contributed by atoms with Crippen molar-refractivity contribution in [3.8, 4) is 0 Å². The number of amides is 1. The molecule has 5 nitrogen and oxygen atoms in total. The maximum Gasteiger partial charge on any atom is 0.255 e. The van der Waals surface area contributed by atoms with Crippen molar-refractivity contribution in [3.05, 3.63) is 82.3 Å². The molecule has 0 aliphatic heterocycles. The largest absolute Gasteiger partial charge is 0.337 e. The van der Waals surface area contributed by atoms with Crippen molar-refractivity contribution in [2.75, 3.05) is 7.05 Å². The molecule has 0 aliphatic carbocycles. The Morgan fingerprint density at radius 2 is 2.00 bits per heavy atom. The lowest BCUT2D eigenvalue weighted by Gasteiger charge is -2.16.